The van der Waals surface area contributed by atoms with Gasteiger partial charge in [0.1, 0.15) is 4.75 Å². The predicted octanol–water partition coefficient (Wildman–Crippen LogP) is 3.45. The lowest BCUT2D eigenvalue weighted by Crippen LogP contribution is -2.38. The van der Waals surface area contributed by atoms with Crippen molar-refractivity contribution in [3.8, 4) is 0 Å². The van der Waals surface area contributed by atoms with Crippen molar-refractivity contribution in [3.05, 3.63) is 64.6 Å². The molecule has 0 radical (unpaired) electrons. The molecular weight excluding hydrogens is 362 g/mol. The van der Waals surface area contributed by atoms with Crippen LogP contribution in [0.4, 0.5) is 0 Å². The molecule has 1 fully saturated rings. The van der Waals surface area contributed by atoms with Crippen LogP contribution in [0.5, 0.6) is 0 Å². The molecule has 1 unspecified atom stereocenters. The van der Waals surface area contributed by atoms with Crippen molar-refractivity contribution in [2.75, 3.05) is 20.1 Å². The number of rotatable bonds is 3. The lowest BCUT2D eigenvalue weighted by Gasteiger charge is -2.29. The second-order valence-electron chi connectivity index (χ2n) is 5.81. The quantitative estimate of drug-likeness (QED) is 0.819. The van der Waals surface area contributed by atoms with Crippen LogP contribution in [0.25, 0.3) is 0 Å². The van der Waals surface area contributed by atoms with E-state index in [-0.39, 0.29) is 0 Å². The van der Waals surface area contributed by atoms with E-state index in [1.807, 2.05) is 37.4 Å². The lowest BCUT2D eigenvalue weighted by molar-refractivity contribution is 0.400. The van der Waals surface area contributed by atoms with Gasteiger partial charge in [0.05, 0.1) is 4.90 Å². The number of likely N-dealkylation sites (N-methyl/N-ethyl adjacent to an activating group) is 1. The van der Waals surface area contributed by atoms with Gasteiger partial charge in [0.2, 0.25) is 0 Å². The Balaban J connectivity index is 2.17. The number of likely N-dealkylation sites (tertiary alicyclic amines) is 1. The maximum atomic E-state index is 13.3. The molecule has 5 heteroatoms. The van der Waals surface area contributed by atoms with Crippen LogP contribution >= 0.6 is 15.9 Å². The van der Waals surface area contributed by atoms with Crippen LogP contribution in [0.2, 0.25) is 0 Å². The Kier molecular flexibility index (Phi) is 4.14. The highest BCUT2D eigenvalue weighted by Gasteiger charge is 2.50. The molecule has 0 spiro atoms. The molecule has 1 aliphatic heterocycles. The summed E-state index contributed by atoms with van der Waals surface area (Å²) >= 11 is 3.42. The van der Waals surface area contributed by atoms with Crippen molar-refractivity contribution in [3.63, 3.8) is 0 Å². The monoisotopic (exact) mass is 379 g/mol. The molecule has 1 aliphatic rings. The summed E-state index contributed by atoms with van der Waals surface area (Å²) in [7, 11) is -1.48. The maximum absolute atomic E-state index is 13.3. The molecule has 3 rings (SSSR count). The molecule has 3 nitrogen and oxygen atoms in total. The molecule has 1 saturated heterocycles. The first kappa shape index (κ1) is 15.7. The van der Waals surface area contributed by atoms with Crippen molar-refractivity contribution in [2.24, 2.45) is 0 Å². The summed E-state index contributed by atoms with van der Waals surface area (Å²) in [5.74, 6) is 0. The number of hydrogen-bond acceptors (Lipinski definition) is 3. The Hall–Kier alpha value is -1.17. The molecule has 0 N–H and O–H groups in total. The smallest absolute Gasteiger partial charge is 0.189 e. The van der Waals surface area contributed by atoms with Crippen molar-refractivity contribution in [1.29, 1.82) is 0 Å². The third-order valence-electron chi connectivity index (χ3n) is 4.36. The van der Waals surface area contributed by atoms with Gasteiger partial charge in [-0.25, -0.2) is 8.42 Å². The SMILES string of the molecule is CN1CCC(c2ccc(Br)cc2)(S(=O)(=O)c2ccccc2)C1. The predicted molar refractivity (Wildman–Crippen MR) is 91.6 cm³/mol. The average molecular weight is 380 g/mol. The molecule has 0 amide bonds. The minimum Gasteiger partial charge on any atom is -0.304 e. The largest absolute Gasteiger partial charge is 0.304 e. The molecule has 1 atom stereocenters. The minimum absolute atomic E-state index is 0.396. The second-order valence-corrected chi connectivity index (χ2v) is 8.98. The van der Waals surface area contributed by atoms with Gasteiger partial charge in [0.15, 0.2) is 9.84 Å². The van der Waals surface area contributed by atoms with Gasteiger partial charge >= 0.3 is 0 Å². The molecule has 0 aromatic heterocycles. The number of nitrogens with zero attached hydrogens (tertiary/aromatic N) is 1. The Morgan fingerprint density at radius 3 is 2.23 bits per heavy atom. The summed E-state index contributed by atoms with van der Waals surface area (Å²) in [6, 6.07) is 16.4. The van der Waals surface area contributed by atoms with Crippen LogP contribution in [0, 0.1) is 0 Å². The van der Waals surface area contributed by atoms with E-state index < -0.39 is 14.6 Å². The molecule has 2 aromatic carbocycles. The van der Waals surface area contributed by atoms with Gasteiger partial charge in [-0.1, -0.05) is 46.3 Å². The second kappa shape index (κ2) is 5.80. The highest BCUT2D eigenvalue weighted by Crippen LogP contribution is 2.43. The number of benzene rings is 2. The third kappa shape index (κ3) is 2.51. The zero-order valence-corrected chi connectivity index (χ0v) is 14.8. The summed E-state index contributed by atoms with van der Waals surface area (Å²) in [6.07, 6.45) is 0.613. The van der Waals surface area contributed by atoms with Crippen LogP contribution in [0.3, 0.4) is 0 Å². The van der Waals surface area contributed by atoms with E-state index in [0.717, 1.165) is 16.6 Å². The van der Waals surface area contributed by atoms with Gasteiger partial charge in [-0.15, -0.1) is 0 Å². The maximum Gasteiger partial charge on any atom is 0.189 e. The Bertz CT molecular complexity index is 759. The first-order valence-corrected chi connectivity index (χ1v) is 9.48. The first-order chi connectivity index (χ1) is 10.5. The lowest BCUT2D eigenvalue weighted by atomic mass is 9.97. The number of halogens is 1. The van der Waals surface area contributed by atoms with Crippen LogP contribution < -0.4 is 0 Å². The normalized spacial score (nSPS) is 22.8. The molecular formula is C17H18BrNO2S. The number of sulfone groups is 1. The summed E-state index contributed by atoms with van der Waals surface area (Å²) in [5.41, 5.74) is 0.865. The molecule has 0 aliphatic carbocycles. The van der Waals surface area contributed by atoms with E-state index in [0.29, 0.717) is 17.9 Å². The van der Waals surface area contributed by atoms with E-state index in [4.69, 9.17) is 0 Å². The molecule has 0 bridgehead atoms. The van der Waals surface area contributed by atoms with Crippen LogP contribution in [-0.2, 0) is 14.6 Å². The van der Waals surface area contributed by atoms with E-state index >= 15 is 0 Å². The third-order valence-corrected chi connectivity index (χ3v) is 7.38. The molecule has 1 heterocycles. The van der Waals surface area contributed by atoms with Crippen molar-refractivity contribution in [1.82, 2.24) is 4.90 Å². The zero-order valence-electron chi connectivity index (χ0n) is 12.4. The summed E-state index contributed by atoms with van der Waals surface area (Å²) in [6.45, 7) is 1.30. The first-order valence-electron chi connectivity index (χ1n) is 7.20. The summed E-state index contributed by atoms with van der Waals surface area (Å²) in [4.78, 5) is 2.48. The van der Waals surface area contributed by atoms with Crippen LogP contribution in [0.1, 0.15) is 12.0 Å². The van der Waals surface area contributed by atoms with Gasteiger partial charge in [0, 0.05) is 11.0 Å². The molecule has 0 saturated carbocycles. The highest BCUT2D eigenvalue weighted by molar-refractivity contribution is 9.10. The molecule has 22 heavy (non-hydrogen) atoms. The van der Waals surface area contributed by atoms with Crippen LogP contribution in [0.15, 0.2) is 64.0 Å². The standard InChI is InChI=1S/C17H18BrNO2S/c1-19-12-11-17(13-19,14-7-9-15(18)10-8-14)22(20,21)16-5-3-2-4-6-16/h2-10H,11-13H2,1H3. The van der Waals surface area contributed by atoms with Gasteiger partial charge in [0.25, 0.3) is 0 Å². The summed E-state index contributed by atoms with van der Waals surface area (Å²) < 4.78 is 26.8. The highest BCUT2D eigenvalue weighted by atomic mass is 79.9. The van der Waals surface area contributed by atoms with Gasteiger partial charge in [-0.05, 0) is 49.8 Å². The van der Waals surface area contributed by atoms with Crippen molar-refractivity contribution < 1.29 is 8.42 Å². The van der Waals surface area contributed by atoms with Crippen LogP contribution in [-0.4, -0.2) is 33.5 Å². The fourth-order valence-electron chi connectivity index (χ4n) is 3.15. The van der Waals surface area contributed by atoms with Crippen molar-refractivity contribution in [2.45, 2.75) is 16.1 Å². The average Bonchev–Trinajstić information content (AvgIpc) is 2.93. The summed E-state index contributed by atoms with van der Waals surface area (Å²) in [5, 5.41) is 0. The van der Waals surface area contributed by atoms with Crippen molar-refractivity contribution >= 4 is 25.8 Å². The van der Waals surface area contributed by atoms with E-state index in [1.165, 1.54) is 0 Å². The van der Waals surface area contributed by atoms with Gasteiger partial charge in [-0.3, -0.25) is 0 Å². The van der Waals surface area contributed by atoms with E-state index in [9.17, 15) is 8.42 Å². The van der Waals surface area contributed by atoms with E-state index in [2.05, 4.69) is 20.8 Å². The number of hydrogen-bond donors (Lipinski definition) is 0. The molecule has 2 aromatic rings. The Morgan fingerprint density at radius 1 is 1.05 bits per heavy atom. The Labute approximate surface area is 140 Å². The van der Waals surface area contributed by atoms with Gasteiger partial charge in [-0.2, -0.15) is 0 Å². The zero-order chi connectivity index (χ0) is 15.8. The minimum atomic E-state index is -3.46. The van der Waals surface area contributed by atoms with Gasteiger partial charge < -0.3 is 4.90 Å². The fraction of sp³-hybridized carbons (Fsp3) is 0.294. The topological polar surface area (TPSA) is 37.4 Å². The fourth-order valence-corrected chi connectivity index (χ4v) is 5.58. The van der Waals surface area contributed by atoms with E-state index in [1.54, 1.807) is 24.3 Å². The Morgan fingerprint density at radius 2 is 1.68 bits per heavy atom. The molecule has 116 valence electrons.